The fourth-order valence-corrected chi connectivity index (χ4v) is 1.15. The number of carboxylic acids is 1. The molecule has 1 aliphatic rings. The zero-order chi connectivity index (χ0) is 8.55. The van der Waals surface area contributed by atoms with Crippen molar-refractivity contribution in [1.29, 1.82) is 0 Å². The lowest BCUT2D eigenvalue weighted by Gasteiger charge is -2.12. The Bertz CT molecular complexity index is 296. The maximum absolute atomic E-state index is 10.5. The molecule has 0 amide bonds. The number of aryl methyl sites for hydroxylation is 1. The standard InChI is InChI=1S/C6H8N4O2/c11-5(12)4-8-6-7-2-1-3-10(6)9-4/h1-3H2,(H,11,12)(H,7,8,9). The number of nitrogens with zero attached hydrogens (tertiary/aromatic N) is 3. The second-order valence-electron chi connectivity index (χ2n) is 2.57. The fraction of sp³-hybridized carbons (Fsp3) is 0.500. The van der Waals surface area contributed by atoms with Crippen molar-refractivity contribution in [3.05, 3.63) is 5.82 Å². The van der Waals surface area contributed by atoms with Crippen LogP contribution in [0, 0.1) is 0 Å². The number of aromatic carboxylic acids is 1. The van der Waals surface area contributed by atoms with E-state index in [0.29, 0.717) is 5.95 Å². The van der Waals surface area contributed by atoms with Crippen LogP contribution in [0.3, 0.4) is 0 Å². The molecule has 1 aliphatic heterocycles. The van der Waals surface area contributed by atoms with E-state index in [0.717, 1.165) is 19.5 Å². The molecule has 0 atom stereocenters. The van der Waals surface area contributed by atoms with Crippen LogP contribution in [0.1, 0.15) is 17.0 Å². The van der Waals surface area contributed by atoms with Gasteiger partial charge in [-0.05, 0) is 6.42 Å². The Morgan fingerprint density at radius 2 is 2.50 bits per heavy atom. The second kappa shape index (κ2) is 2.47. The van der Waals surface area contributed by atoms with E-state index in [9.17, 15) is 4.79 Å². The molecule has 0 spiro atoms. The molecule has 0 aromatic carbocycles. The molecule has 0 aliphatic carbocycles. The molecule has 6 heteroatoms. The van der Waals surface area contributed by atoms with Crippen molar-refractivity contribution >= 4 is 11.9 Å². The maximum Gasteiger partial charge on any atom is 0.375 e. The van der Waals surface area contributed by atoms with E-state index >= 15 is 0 Å². The van der Waals surface area contributed by atoms with E-state index in [4.69, 9.17) is 5.11 Å². The predicted molar refractivity (Wildman–Crippen MR) is 40.1 cm³/mol. The first-order valence-electron chi connectivity index (χ1n) is 3.69. The summed E-state index contributed by atoms with van der Waals surface area (Å²) in [6.45, 7) is 1.57. The highest BCUT2D eigenvalue weighted by Gasteiger charge is 2.16. The van der Waals surface area contributed by atoms with Gasteiger partial charge in [-0.15, -0.1) is 5.10 Å². The van der Waals surface area contributed by atoms with Gasteiger partial charge in [0.05, 0.1) is 0 Å². The number of fused-ring (bicyclic) bond motifs is 1. The summed E-state index contributed by atoms with van der Waals surface area (Å²) in [5.74, 6) is -0.670. The predicted octanol–water partition coefficient (Wildman–Crippen LogP) is -0.208. The van der Waals surface area contributed by atoms with Crippen molar-refractivity contribution in [3.63, 3.8) is 0 Å². The summed E-state index contributed by atoms with van der Waals surface area (Å²) in [5.41, 5.74) is 0. The molecule has 2 rings (SSSR count). The number of anilines is 1. The first kappa shape index (κ1) is 7.08. The Morgan fingerprint density at radius 1 is 1.67 bits per heavy atom. The topological polar surface area (TPSA) is 80.0 Å². The third-order valence-electron chi connectivity index (χ3n) is 1.69. The minimum atomic E-state index is -1.08. The van der Waals surface area contributed by atoms with Gasteiger partial charge < -0.3 is 10.4 Å². The molecular formula is C6H8N4O2. The number of carbonyl (C=O) groups is 1. The highest BCUT2D eigenvalue weighted by Crippen LogP contribution is 2.10. The molecule has 12 heavy (non-hydrogen) atoms. The molecule has 64 valence electrons. The molecule has 1 aromatic rings. The van der Waals surface area contributed by atoms with E-state index in [1.165, 1.54) is 0 Å². The van der Waals surface area contributed by atoms with Gasteiger partial charge in [0, 0.05) is 13.1 Å². The van der Waals surface area contributed by atoms with Crippen molar-refractivity contribution in [2.45, 2.75) is 13.0 Å². The monoisotopic (exact) mass is 168 g/mol. The lowest BCUT2D eigenvalue weighted by Crippen LogP contribution is -2.17. The molecule has 0 unspecified atom stereocenters. The summed E-state index contributed by atoms with van der Waals surface area (Å²) >= 11 is 0. The number of carboxylic acid groups (broad SMARTS) is 1. The molecule has 0 radical (unpaired) electrons. The van der Waals surface area contributed by atoms with Gasteiger partial charge in [0.15, 0.2) is 0 Å². The van der Waals surface area contributed by atoms with Gasteiger partial charge in [0.2, 0.25) is 5.95 Å². The van der Waals surface area contributed by atoms with E-state index in [2.05, 4.69) is 15.4 Å². The first-order chi connectivity index (χ1) is 5.77. The first-order valence-corrected chi connectivity index (χ1v) is 3.69. The third kappa shape index (κ3) is 1.01. The molecule has 6 nitrogen and oxygen atoms in total. The largest absolute Gasteiger partial charge is 0.475 e. The lowest BCUT2D eigenvalue weighted by molar-refractivity contribution is 0.0683. The Kier molecular flexibility index (Phi) is 1.46. The summed E-state index contributed by atoms with van der Waals surface area (Å²) in [6.07, 6.45) is 0.954. The van der Waals surface area contributed by atoms with Crippen molar-refractivity contribution in [3.8, 4) is 0 Å². The van der Waals surface area contributed by atoms with Crippen molar-refractivity contribution in [1.82, 2.24) is 14.8 Å². The SMILES string of the molecule is O=C(O)c1nc2n(n1)CCCN2. The van der Waals surface area contributed by atoms with Crippen molar-refractivity contribution in [2.24, 2.45) is 0 Å². The van der Waals surface area contributed by atoms with Crippen molar-refractivity contribution < 1.29 is 9.90 Å². The van der Waals surface area contributed by atoms with E-state index < -0.39 is 5.97 Å². The summed E-state index contributed by atoms with van der Waals surface area (Å²) in [4.78, 5) is 14.2. The fourth-order valence-electron chi connectivity index (χ4n) is 1.15. The van der Waals surface area contributed by atoms with Gasteiger partial charge in [-0.3, -0.25) is 0 Å². The summed E-state index contributed by atoms with van der Waals surface area (Å²) in [7, 11) is 0. The van der Waals surface area contributed by atoms with Gasteiger partial charge in [-0.25, -0.2) is 9.48 Å². The Balaban J connectivity index is 2.38. The zero-order valence-corrected chi connectivity index (χ0v) is 6.32. The zero-order valence-electron chi connectivity index (χ0n) is 6.32. The Morgan fingerprint density at radius 3 is 3.17 bits per heavy atom. The average Bonchev–Trinajstić information content (AvgIpc) is 2.46. The second-order valence-corrected chi connectivity index (χ2v) is 2.57. The minimum absolute atomic E-state index is 0.139. The summed E-state index contributed by atoms with van der Waals surface area (Å²) in [6, 6.07) is 0. The Labute approximate surface area is 68.2 Å². The molecule has 2 heterocycles. The average molecular weight is 168 g/mol. The Hall–Kier alpha value is -1.59. The molecule has 0 saturated heterocycles. The maximum atomic E-state index is 10.5. The van der Waals surface area contributed by atoms with Gasteiger partial charge >= 0.3 is 5.97 Å². The highest BCUT2D eigenvalue weighted by atomic mass is 16.4. The van der Waals surface area contributed by atoms with Crippen LogP contribution in [0.5, 0.6) is 0 Å². The van der Waals surface area contributed by atoms with E-state index in [-0.39, 0.29) is 5.82 Å². The van der Waals surface area contributed by atoms with Crippen LogP contribution in [0.25, 0.3) is 0 Å². The van der Waals surface area contributed by atoms with Crippen LogP contribution in [-0.4, -0.2) is 32.4 Å². The lowest BCUT2D eigenvalue weighted by atomic mass is 10.4. The molecule has 0 bridgehead atoms. The number of hydrogen-bond acceptors (Lipinski definition) is 4. The van der Waals surface area contributed by atoms with Crippen LogP contribution in [-0.2, 0) is 6.54 Å². The van der Waals surface area contributed by atoms with E-state index in [1.807, 2.05) is 0 Å². The molecule has 0 saturated carbocycles. The van der Waals surface area contributed by atoms with Crippen LogP contribution < -0.4 is 5.32 Å². The molecule has 1 aromatic heterocycles. The number of hydrogen-bond donors (Lipinski definition) is 2. The van der Waals surface area contributed by atoms with Crippen molar-refractivity contribution in [2.75, 3.05) is 11.9 Å². The highest BCUT2D eigenvalue weighted by molar-refractivity contribution is 5.83. The number of rotatable bonds is 1. The van der Waals surface area contributed by atoms with Crippen LogP contribution >= 0.6 is 0 Å². The minimum Gasteiger partial charge on any atom is -0.475 e. The molecular weight excluding hydrogens is 160 g/mol. The van der Waals surface area contributed by atoms with Crippen LogP contribution in [0.15, 0.2) is 0 Å². The quantitative estimate of drug-likeness (QED) is 0.606. The van der Waals surface area contributed by atoms with Gasteiger partial charge in [0.25, 0.3) is 5.82 Å². The molecule has 0 fully saturated rings. The van der Waals surface area contributed by atoms with Crippen LogP contribution in [0.4, 0.5) is 5.95 Å². The van der Waals surface area contributed by atoms with E-state index in [1.54, 1.807) is 4.68 Å². The number of aromatic nitrogens is 3. The van der Waals surface area contributed by atoms with Gasteiger partial charge in [-0.2, -0.15) is 4.98 Å². The van der Waals surface area contributed by atoms with Gasteiger partial charge in [0.1, 0.15) is 0 Å². The van der Waals surface area contributed by atoms with Crippen LogP contribution in [0.2, 0.25) is 0 Å². The smallest absolute Gasteiger partial charge is 0.375 e. The van der Waals surface area contributed by atoms with Gasteiger partial charge in [-0.1, -0.05) is 0 Å². The summed E-state index contributed by atoms with van der Waals surface area (Å²) < 4.78 is 1.58. The normalized spacial score (nSPS) is 15.0. The number of nitrogens with one attached hydrogen (secondary N) is 1. The summed E-state index contributed by atoms with van der Waals surface area (Å²) in [5, 5.41) is 15.3. The molecule has 2 N–H and O–H groups in total. The third-order valence-corrected chi connectivity index (χ3v) is 1.69.